The van der Waals surface area contributed by atoms with Crippen molar-refractivity contribution < 1.29 is 19.1 Å². The van der Waals surface area contributed by atoms with Gasteiger partial charge in [-0.2, -0.15) is 0 Å². The first-order chi connectivity index (χ1) is 13.0. The maximum absolute atomic E-state index is 12.8. The number of anilines is 1. The fourth-order valence-electron chi connectivity index (χ4n) is 3.09. The first-order valence-corrected chi connectivity index (χ1v) is 9.00. The first kappa shape index (κ1) is 19.0. The van der Waals surface area contributed by atoms with Crippen LogP contribution in [0.25, 0.3) is 0 Å². The van der Waals surface area contributed by atoms with E-state index in [1.165, 1.54) is 0 Å². The van der Waals surface area contributed by atoms with Gasteiger partial charge in [0.1, 0.15) is 11.5 Å². The van der Waals surface area contributed by atoms with Crippen LogP contribution in [0.5, 0.6) is 11.5 Å². The minimum absolute atomic E-state index is 0.00291. The standard InChI is InChI=1S/C20H21ClN2O4/c1-26-15-7-5-13(18(11-15)27-2)12-22-20(25)16-8-6-14(21)10-17(16)23-9-3-4-19(23)24/h5-8,10-11H,3-4,9,12H2,1-2H3,(H,22,25). The van der Waals surface area contributed by atoms with Crippen LogP contribution in [0.1, 0.15) is 28.8 Å². The van der Waals surface area contributed by atoms with Crippen molar-refractivity contribution in [2.45, 2.75) is 19.4 Å². The van der Waals surface area contributed by atoms with Gasteiger partial charge in [-0.15, -0.1) is 0 Å². The number of rotatable bonds is 6. The van der Waals surface area contributed by atoms with Crippen molar-refractivity contribution in [2.75, 3.05) is 25.7 Å². The molecule has 0 bridgehead atoms. The van der Waals surface area contributed by atoms with Gasteiger partial charge in [0, 0.05) is 36.2 Å². The van der Waals surface area contributed by atoms with Crippen molar-refractivity contribution in [1.82, 2.24) is 5.32 Å². The topological polar surface area (TPSA) is 67.9 Å². The van der Waals surface area contributed by atoms with Crippen LogP contribution in [0.2, 0.25) is 5.02 Å². The Balaban J connectivity index is 1.80. The average Bonchev–Trinajstić information content (AvgIpc) is 3.11. The normalized spacial score (nSPS) is 13.6. The van der Waals surface area contributed by atoms with Gasteiger partial charge < -0.3 is 19.7 Å². The molecule has 0 spiro atoms. The van der Waals surface area contributed by atoms with E-state index in [9.17, 15) is 9.59 Å². The molecule has 7 heteroatoms. The zero-order chi connectivity index (χ0) is 19.4. The van der Waals surface area contributed by atoms with E-state index in [0.29, 0.717) is 40.7 Å². The average molecular weight is 389 g/mol. The number of carbonyl (C=O) groups is 2. The zero-order valence-corrected chi connectivity index (χ0v) is 16.0. The molecule has 1 saturated heterocycles. The van der Waals surface area contributed by atoms with E-state index >= 15 is 0 Å². The summed E-state index contributed by atoms with van der Waals surface area (Å²) in [6, 6.07) is 10.4. The molecule has 27 heavy (non-hydrogen) atoms. The van der Waals surface area contributed by atoms with Crippen LogP contribution < -0.4 is 19.7 Å². The van der Waals surface area contributed by atoms with E-state index in [-0.39, 0.29) is 18.4 Å². The lowest BCUT2D eigenvalue weighted by molar-refractivity contribution is -0.117. The highest BCUT2D eigenvalue weighted by Crippen LogP contribution is 2.29. The van der Waals surface area contributed by atoms with Gasteiger partial charge >= 0.3 is 0 Å². The number of carbonyl (C=O) groups excluding carboxylic acids is 2. The second-order valence-electron chi connectivity index (χ2n) is 6.17. The van der Waals surface area contributed by atoms with E-state index in [1.54, 1.807) is 49.5 Å². The van der Waals surface area contributed by atoms with Crippen LogP contribution in [0.3, 0.4) is 0 Å². The van der Waals surface area contributed by atoms with Gasteiger partial charge in [0.05, 0.1) is 25.5 Å². The molecule has 0 unspecified atom stereocenters. The highest BCUT2D eigenvalue weighted by Gasteiger charge is 2.26. The van der Waals surface area contributed by atoms with E-state index in [4.69, 9.17) is 21.1 Å². The Morgan fingerprint density at radius 3 is 2.67 bits per heavy atom. The van der Waals surface area contributed by atoms with E-state index < -0.39 is 0 Å². The third-order valence-corrected chi connectivity index (χ3v) is 4.74. The Morgan fingerprint density at radius 1 is 1.19 bits per heavy atom. The quantitative estimate of drug-likeness (QED) is 0.823. The summed E-state index contributed by atoms with van der Waals surface area (Å²) < 4.78 is 10.5. The van der Waals surface area contributed by atoms with E-state index in [1.807, 2.05) is 6.07 Å². The summed E-state index contributed by atoms with van der Waals surface area (Å²) in [5, 5.41) is 3.37. The Morgan fingerprint density at radius 2 is 2.00 bits per heavy atom. The van der Waals surface area contributed by atoms with Crippen LogP contribution >= 0.6 is 11.6 Å². The number of ether oxygens (including phenoxy) is 2. The summed E-state index contributed by atoms with van der Waals surface area (Å²) in [5.41, 5.74) is 1.78. The molecule has 2 aromatic rings. The molecular weight excluding hydrogens is 368 g/mol. The maximum Gasteiger partial charge on any atom is 0.253 e. The number of amides is 2. The minimum Gasteiger partial charge on any atom is -0.497 e. The van der Waals surface area contributed by atoms with Gasteiger partial charge in [0.2, 0.25) is 5.91 Å². The number of nitrogens with zero attached hydrogens (tertiary/aromatic N) is 1. The number of nitrogens with one attached hydrogen (secondary N) is 1. The van der Waals surface area contributed by atoms with Gasteiger partial charge in [-0.25, -0.2) is 0 Å². The van der Waals surface area contributed by atoms with Crippen molar-refractivity contribution in [3.63, 3.8) is 0 Å². The molecule has 2 aromatic carbocycles. The highest BCUT2D eigenvalue weighted by molar-refractivity contribution is 6.31. The van der Waals surface area contributed by atoms with Crippen molar-refractivity contribution in [3.05, 3.63) is 52.5 Å². The fourth-order valence-corrected chi connectivity index (χ4v) is 3.26. The van der Waals surface area contributed by atoms with Crippen LogP contribution in [0.4, 0.5) is 5.69 Å². The molecule has 1 fully saturated rings. The van der Waals surface area contributed by atoms with Crippen molar-refractivity contribution in [2.24, 2.45) is 0 Å². The Bertz CT molecular complexity index is 869. The van der Waals surface area contributed by atoms with E-state index in [0.717, 1.165) is 12.0 Å². The predicted octanol–water partition coefficient (Wildman–Crippen LogP) is 3.41. The zero-order valence-electron chi connectivity index (χ0n) is 15.3. The molecule has 3 rings (SSSR count). The Kier molecular flexibility index (Phi) is 5.86. The second-order valence-corrected chi connectivity index (χ2v) is 6.61. The third kappa shape index (κ3) is 4.17. The van der Waals surface area contributed by atoms with Crippen molar-refractivity contribution in [1.29, 1.82) is 0 Å². The number of hydrogen-bond acceptors (Lipinski definition) is 4. The smallest absolute Gasteiger partial charge is 0.253 e. The second kappa shape index (κ2) is 8.31. The molecule has 1 aliphatic heterocycles. The summed E-state index contributed by atoms with van der Waals surface area (Å²) in [6.45, 7) is 0.869. The lowest BCUT2D eigenvalue weighted by Crippen LogP contribution is -2.29. The third-order valence-electron chi connectivity index (χ3n) is 4.50. The fraction of sp³-hybridized carbons (Fsp3) is 0.300. The molecule has 142 valence electrons. The van der Waals surface area contributed by atoms with Gasteiger partial charge in [0.15, 0.2) is 0 Å². The molecule has 2 amide bonds. The summed E-state index contributed by atoms with van der Waals surface area (Å²) in [7, 11) is 3.15. The summed E-state index contributed by atoms with van der Waals surface area (Å²) in [6.07, 6.45) is 1.26. The van der Waals surface area contributed by atoms with E-state index in [2.05, 4.69) is 5.32 Å². The predicted molar refractivity (Wildman–Crippen MR) is 104 cm³/mol. The van der Waals surface area contributed by atoms with Crippen molar-refractivity contribution in [3.8, 4) is 11.5 Å². The number of halogens is 1. The molecule has 6 nitrogen and oxygen atoms in total. The van der Waals surface area contributed by atoms with Gasteiger partial charge in [-0.3, -0.25) is 9.59 Å². The minimum atomic E-state index is -0.278. The summed E-state index contributed by atoms with van der Waals surface area (Å²) in [5.74, 6) is 1.03. The molecule has 0 aromatic heterocycles. The molecule has 0 atom stereocenters. The molecule has 1 N–H and O–H groups in total. The molecule has 1 heterocycles. The van der Waals surface area contributed by atoms with Gasteiger partial charge in [0.25, 0.3) is 5.91 Å². The molecule has 1 aliphatic rings. The SMILES string of the molecule is COc1ccc(CNC(=O)c2ccc(Cl)cc2N2CCCC2=O)c(OC)c1. The molecule has 0 aliphatic carbocycles. The summed E-state index contributed by atoms with van der Waals surface area (Å²) >= 11 is 6.09. The molecule has 0 saturated carbocycles. The lowest BCUT2D eigenvalue weighted by atomic mass is 10.1. The van der Waals surface area contributed by atoms with Crippen LogP contribution in [-0.4, -0.2) is 32.6 Å². The number of benzene rings is 2. The van der Waals surface area contributed by atoms with Crippen molar-refractivity contribution >= 4 is 29.1 Å². The monoisotopic (exact) mass is 388 g/mol. The highest BCUT2D eigenvalue weighted by atomic mass is 35.5. The number of methoxy groups -OCH3 is 2. The first-order valence-electron chi connectivity index (χ1n) is 8.62. The molecule has 0 radical (unpaired) electrons. The summed E-state index contributed by atoms with van der Waals surface area (Å²) in [4.78, 5) is 26.5. The largest absolute Gasteiger partial charge is 0.497 e. The maximum atomic E-state index is 12.8. The Labute approximate surface area is 163 Å². The van der Waals surface area contributed by atoms with Crippen LogP contribution in [0, 0.1) is 0 Å². The van der Waals surface area contributed by atoms with Gasteiger partial charge in [-0.1, -0.05) is 11.6 Å². The molecular formula is C20H21ClN2O4. The van der Waals surface area contributed by atoms with Gasteiger partial charge in [-0.05, 0) is 36.8 Å². The van der Waals surface area contributed by atoms with Crippen LogP contribution in [0.15, 0.2) is 36.4 Å². The van der Waals surface area contributed by atoms with Crippen LogP contribution in [-0.2, 0) is 11.3 Å². The Hall–Kier alpha value is -2.73. The lowest BCUT2D eigenvalue weighted by Gasteiger charge is -2.20. The number of hydrogen-bond donors (Lipinski definition) is 1.